The maximum absolute atomic E-state index is 11.8. The Bertz CT molecular complexity index is 506. The second-order valence-electron chi connectivity index (χ2n) is 3.85. The maximum Gasteiger partial charge on any atom is 0.336 e. The van der Waals surface area contributed by atoms with Gasteiger partial charge < -0.3 is 10.2 Å². The summed E-state index contributed by atoms with van der Waals surface area (Å²) >= 11 is 0.868. The molecule has 0 amide bonds. The van der Waals surface area contributed by atoms with E-state index in [2.05, 4.69) is 4.72 Å². The molecule has 0 aliphatic heterocycles. The molecule has 0 spiro atoms. The number of hydrogen-bond acceptors (Lipinski definition) is 5. The molecule has 0 fully saturated rings. The van der Waals surface area contributed by atoms with Gasteiger partial charge in [0.05, 0.1) is 11.7 Å². The summed E-state index contributed by atoms with van der Waals surface area (Å²) in [7, 11) is -3.65. The van der Waals surface area contributed by atoms with Crippen molar-refractivity contribution in [3.63, 3.8) is 0 Å². The monoisotopic (exact) mass is 293 g/mol. The van der Waals surface area contributed by atoms with E-state index in [1.807, 2.05) is 0 Å². The predicted molar refractivity (Wildman–Crippen MR) is 67.4 cm³/mol. The van der Waals surface area contributed by atoms with Gasteiger partial charge in [-0.15, -0.1) is 11.3 Å². The Morgan fingerprint density at radius 3 is 2.72 bits per heavy atom. The Morgan fingerprint density at radius 1 is 1.56 bits per heavy atom. The van der Waals surface area contributed by atoms with Crippen LogP contribution in [0.5, 0.6) is 0 Å². The average molecular weight is 293 g/mol. The molecule has 1 aromatic rings. The molecule has 1 unspecified atom stereocenters. The van der Waals surface area contributed by atoms with E-state index in [-0.39, 0.29) is 16.3 Å². The first-order valence-electron chi connectivity index (χ1n) is 5.32. The van der Waals surface area contributed by atoms with E-state index in [4.69, 9.17) is 10.2 Å². The summed E-state index contributed by atoms with van der Waals surface area (Å²) in [5, 5.41) is 19.0. The van der Waals surface area contributed by atoms with Crippen molar-refractivity contribution in [2.75, 3.05) is 6.54 Å². The maximum atomic E-state index is 11.8. The molecule has 0 aliphatic carbocycles. The third kappa shape index (κ3) is 4.37. The minimum Gasteiger partial charge on any atom is -0.478 e. The highest BCUT2D eigenvalue weighted by molar-refractivity contribution is 7.91. The van der Waals surface area contributed by atoms with Crippen molar-refractivity contribution in [2.45, 2.75) is 30.1 Å². The second kappa shape index (κ2) is 6.28. The van der Waals surface area contributed by atoms with Crippen LogP contribution in [-0.4, -0.2) is 37.2 Å². The largest absolute Gasteiger partial charge is 0.478 e. The third-order valence-electron chi connectivity index (χ3n) is 2.18. The molecule has 0 saturated heterocycles. The minimum atomic E-state index is -3.65. The highest BCUT2D eigenvalue weighted by Crippen LogP contribution is 2.20. The molecule has 0 radical (unpaired) electrons. The normalized spacial score (nSPS) is 13.4. The van der Waals surface area contributed by atoms with E-state index in [0.29, 0.717) is 12.8 Å². The zero-order valence-electron chi connectivity index (χ0n) is 9.79. The van der Waals surface area contributed by atoms with Gasteiger partial charge in [0.1, 0.15) is 4.21 Å². The summed E-state index contributed by atoms with van der Waals surface area (Å²) in [6, 6.07) is 1.13. The Hall–Kier alpha value is -0.960. The molecule has 1 rings (SSSR count). The molecular weight excluding hydrogens is 278 g/mol. The van der Waals surface area contributed by atoms with Gasteiger partial charge in [-0.1, -0.05) is 0 Å². The van der Waals surface area contributed by atoms with Gasteiger partial charge in [0.2, 0.25) is 10.0 Å². The summed E-state index contributed by atoms with van der Waals surface area (Å²) < 4.78 is 25.9. The van der Waals surface area contributed by atoms with E-state index in [9.17, 15) is 13.2 Å². The molecule has 102 valence electrons. The molecule has 0 saturated carbocycles. The van der Waals surface area contributed by atoms with Crippen LogP contribution in [0.4, 0.5) is 0 Å². The first kappa shape index (κ1) is 15.1. The van der Waals surface area contributed by atoms with Crippen LogP contribution >= 0.6 is 11.3 Å². The van der Waals surface area contributed by atoms with E-state index in [1.54, 1.807) is 6.92 Å². The number of aliphatic hydroxyl groups is 1. The van der Waals surface area contributed by atoms with Crippen LogP contribution in [0.1, 0.15) is 30.1 Å². The van der Waals surface area contributed by atoms with Crippen LogP contribution in [0.25, 0.3) is 0 Å². The summed E-state index contributed by atoms with van der Waals surface area (Å²) in [5.74, 6) is -1.15. The third-order valence-corrected chi connectivity index (χ3v) is 5.08. The van der Waals surface area contributed by atoms with Crippen molar-refractivity contribution in [2.24, 2.45) is 0 Å². The number of sulfonamides is 1. The SMILES string of the molecule is CC(O)CCCNS(=O)(=O)c1cc(C(=O)O)cs1. The highest BCUT2D eigenvalue weighted by atomic mass is 32.2. The van der Waals surface area contributed by atoms with E-state index >= 15 is 0 Å². The van der Waals surface area contributed by atoms with Crippen molar-refractivity contribution >= 4 is 27.3 Å². The lowest BCUT2D eigenvalue weighted by Gasteiger charge is -2.05. The van der Waals surface area contributed by atoms with Crippen molar-refractivity contribution in [3.8, 4) is 0 Å². The zero-order chi connectivity index (χ0) is 13.8. The Morgan fingerprint density at radius 2 is 2.22 bits per heavy atom. The number of carbonyl (C=O) groups is 1. The van der Waals surface area contributed by atoms with Crippen LogP contribution in [0, 0.1) is 0 Å². The summed E-state index contributed by atoms with van der Waals surface area (Å²) in [5.41, 5.74) is -0.0376. The standard InChI is InChI=1S/C10H15NO5S2/c1-7(12)3-2-4-11-18(15,16)9-5-8(6-17-9)10(13)14/h5-7,11-12H,2-4H2,1H3,(H,13,14). The smallest absolute Gasteiger partial charge is 0.336 e. The fourth-order valence-electron chi connectivity index (χ4n) is 1.24. The number of carboxylic acids is 1. The number of aliphatic hydroxyl groups excluding tert-OH is 1. The van der Waals surface area contributed by atoms with Crippen LogP contribution in [-0.2, 0) is 10.0 Å². The van der Waals surface area contributed by atoms with Gasteiger partial charge >= 0.3 is 5.97 Å². The Balaban J connectivity index is 2.60. The van der Waals surface area contributed by atoms with Crippen LogP contribution in [0.15, 0.2) is 15.7 Å². The lowest BCUT2D eigenvalue weighted by Crippen LogP contribution is -2.24. The topological polar surface area (TPSA) is 104 Å². The second-order valence-corrected chi connectivity index (χ2v) is 6.75. The van der Waals surface area contributed by atoms with Crippen molar-refractivity contribution in [1.29, 1.82) is 0 Å². The lowest BCUT2D eigenvalue weighted by molar-refractivity contribution is 0.0697. The Kier molecular flexibility index (Phi) is 5.27. The molecule has 1 atom stereocenters. The number of hydrogen-bond donors (Lipinski definition) is 3. The predicted octanol–water partition coefficient (Wildman–Crippen LogP) is 0.886. The van der Waals surface area contributed by atoms with Crippen LogP contribution in [0.2, 0.25) is 0 Å². The van der Waals surface area contributed by atoms with E-state index in [1.165, 1.54) is 5.38 Å². The van der Waals surface area contributed by atoms with E-state index < -0.39 is 22.1 Å². The first-order valence-corrected chi connectivity index (χ1v) is 7.69. The molecule has 0 aliphatic rings. The van der Waals surface area contributed by atoms with Gasteiger partial charge in [-0.2, -0.15) is 0 Å². The van der Waals surface area contributed by atoms with Gasteiger partial charge in [-0.3, -0.25) is 0 Å². The molecular formula is C10H15NO5S2. The quantitative estimate of drug-likeness (QED) is 0.648. The number of thiophene rings is 1. The van der Waals surface area contributed by atoms with Gasteiger partial charge in [0, 0.05) is 11.9 Å². The molecule has 0 aromatic carbocycles. The van der Waals surface area contributed by atoms with Gasteiger partial charge in [-0.25, -0.2) is 17.9 Å². The fraction of sp³-hybridized carbons (Fsp3) is 0.500. The average Bonchev–Trinajstić information content (AvgIpc) is 2.74. The molecule has 1 aromatic heterocycles. The zero-order valence-corrected chi connectivity index (χ0v) is 11.4. The number of rotatable bonds is 7. The number of nitrogens with one attached hydrogen (secondary N) is 1. The fourth-order valence-corrected chi connectivity index (χ4v) is 3.52. The van der Waals surface area contributed by atoms with Crippen molar-refractivity contribution < 1.29 is 23.4 Å². The van der Waals surface area contributed by atoms with Gasteiger partial charge in [-0.05, 0) is 25.8 Å². The van der Waals surface area contributed by atoms with Crippen molar-refractivity contribution in [3.05, 3.63) is 17.0 Å². The van der Waals surface area contributed by atoms with E-state index in [0.717, 1.165) is 17.4 Å². The summed E-state index contributed by atoms with van der Waals surface area (Å²) in [6.45, 7) is 1.85. The minimum absolute atomic E-state index is 0.0167. The van der Waals surface area contributed by atoms with Gasteiger partial charge in [0.15, 0.2) is 0 Å². The molecule has 1 heterocycles. The summed E-state index contributed by atoms with van der Waals surface area (Å²) in [4.78, 5) is 10.6. The van der Waals surface area contributed by atoms with Gasteiger partial charge in [0.25, 0.3) is 0 Å². The van der Waals surface area contributed by atoms with Crippen LogP contribution < -0.4 is 4.72 Å². The van der Waals surface area contributed by atoms with Crippen LogP contribution in [0.3, 0.4) is 0 Å². The molecule has 18 heavy (non-hydrogen) atoms. The highest BCUT2D eigenvalue weighted by Gasteiger charge is 2.18. The van der Waals surface area contributed by atoms with Crippen molar-refractivity contribution in [1.82, 2.24) is 4.72 Å². The number of carboxylic acid groups (broad SMARTS) is 1. The summed E-state index contributed by atoms with van der Waals surface area (Å²) in [6.07, 6.45) is 0.566. The molecule has 3 N–H and O–H groups in total. The molecule has 8 heteroatoms. The Labute approximate surface area is 109 Å². The lowest BCUT2D eigenvalue weighted by atomic mass is 10.2. The first-order chi connectivity index (χ1) is 8.33. The molecule has 0 bridgehead atoms. The molecule has 6 nitrogen and oxygen atoms in total. The number of aromatic carboxylic acids is 1.